The van der Waals surface area contributed by atoms with Crippen molar-refractivity contribution in [1.29, 1.82) is 0 Å². The van der Waals surface area contributed by atoms with Gasteiger partial charge in [0.2, 0.25) is 5.91 Å². The summed E-state index contributed by atoms with van der Waals surface area (Å²) in [6, 6.07) is 6.62. The Labute approximate surface area is 163 Å². The third-order valence-corrected chi connectivity index (χ3v) is 5.82. The van der Waals surface area contributed by atoms with E-state index in [1.807, 2.05) is 19.1 Å². The van der Waals surface area contributed by atoms with Crippen molar-refractivity contribution in [2.24, 2.45) is 5.41 Å². The van der Waals surface area contributed by atoms with E-state index in [2.05, 4.69) is 15.3 Å². The quantitative estimate of drug-likeness (QED) is 0.885. The van der Waals surface area contributed by atoms with Gasteiger partial charge in [-0.3, -0.25) is 14.6 Å². The van der Waals surface area contributed by atoms with Crippen LogP contribution in [0.5, 0.6) is 0 Å². The summed E-state index contributed by atoms with van der Waals surface area (Å²) in [6.45, 7) is 2.39. The van der Waals surface area contributed by atoms with Crippen molar-refractivity contribution in [3.05, 3.63) is 53.9 Å². The lowest BCUT2D eigenvalue weighted by molar-refractivity contribution is -0.127. The number of nitrogens with one attached hydrogen (secondary N) is 1. The molecule has 6 nitrogen and oxygen atoms in total. The van der Waals surface area contributed by atoms with Crippen LogP contribution in [-0.2, 0) is 4.79 Å². The average molecular weight is 382 g/mol. The van der Waals surface area contributed by atoms with Gasteiger partial charge in [0.05, 0.1) is 23.5 Å². The fourth-order valence-electron chi connectivity index (χ4n) is 4.45. The molecule has 2 amide bonds. The fraction of sp³-hybridized carbons (Fsp3) is 0.429. The summed E-state index contributed by atoms with van der Waals surface area (Å²) in [4.78, 5) is 35.5. The molecule has 7 heteroatoms. The van der Waals surface area contributed by atoms with Crippen LogP contribution in [0.15, 0.2) is 36.7 Å². The molecule has 3 heterocycles. The first-order valence-corrected chi connectivity index (χ1v) is 9.64. The van der Waals surface area contributed by atoms with E-state index in [9.17, 15) is 14.0 Å². The van der Waals surface area contributed by atoms with Crippen LogP contribution in [-0.4, -0.2) is 34.4 Å². The SMILES string of the molecule is Cc1cccc(C(=O)NC2CCCC3(CCN(c4cncc(F)c4)C3=O)C2)n1. The van der Waals surface area contributed by atoms with Gasteiger partial charge in [-0.15, -0.1) is 0 Å². The number of rotatable bonds is 3. The highest BCUT2D eigenvalue weighted by Gasteiger charge is 2.49. The lowest BCUT2D eigenvalue weighted by Crippen LogP contribution is -2.46. The van der Waals surface area contributed by atoms with Gasteiger partial charge in [0, 0.05) is 24.3 Å². The zero-order valence-electron chi connectivity index (χ0n) is 15.8. The maximum Gasteiger partial charge on any atom is 0.270 e. The molecule has 2 aliphatic rings. The number of carbonyl (C=O) groups is 2. The van der Waals surface area contributed by atoms with Gasteiger partial charge in [-0.25, -0.2) is 9.37 Å². The molecule has 1 N–H and O–H groups in total. The third kappa shape index (κ3) is 3.48. The number of hydrogen-bond donors (Lipinski definition) is 1. The van der Waals surface area contributed by atoms with E-state index < -0.39 is 11.2 Å². The molecule has 1 spiro atoms. The molecule has 146 valence electrons. The molecule has 2 unspecified atom stereocenters. The van der Waals surface area contributed by atoms with Crippen molar-refractivity contribution >= 4 is 17.5 Å². The maximum absolute atomic E-state index is 13.5. The second-order valence-corrected chi connectivity index (χ2v) is 7.78. The Kier molecular flexibility index (Phi) is 4.83. The van der Waals surface area contributed by atoms with Crippen molar-refractivity contribution < 1.29 is 14.0 Å². The van der Waals surface area contributed by atoms with E-state index >= 15 is 0 Å². The van der Waals surface area contributed by atoms with E-state index in [1.165, 1.54) is 12.3 Å². The summed E-state index contributed by atoms with van der Waals surface area (Å²) in [5.74, 6) is -0.652. The van der Waals surface area contributed by atoms with Crippen LogP contribution in [0.4, 0.5) is 10.1 Å². The number of halogens is 1. The van der Waals surface area contributed by atoms with Crippen LogP contribution in [0.2, 0.25) is 0 Å². The van der Waals surface area contributed by atoms with Crippen LogP contribution in [0.1, 0.15) is 48.3 Å². The van der Waals surface area contributed by atoms with Crippen molar-refractivity contribution in [1.82, 2.24) is 15.3 Å². The van der Waals surface area contributed by atoms with Gasteiger partial charge in [0.1, 0.15) is 11.5 Å². The van der Waals surface area contributed by atoms with Crippen molar-refractivity contribution in [2.45, 2.75) is 45.1 Å². The zero-order chi connectivity index (χ0) is 19.7. The summed E-state index contributed by atoms with van der Waals surface area (Å²) in [7, 11) is 0. The summed E-state index contributed by atoms with van der Waals surface area (Å²) in [5.41, 5.74) is 1.18. The smallest absolute Gasteiger partial charge is 0.270 e. The van der Waals surface area contributed by atoms with Crippen LogP contribution < -0.4 is 10.2 Å². The minimum Gasteiger partial charge on any atom is -0.348 e. The average Bonchev–Trinajstić information content (AvgIpc) is 2.97. The van der Waals surface area contributed by atoms with E-state index in [0.717, 1.165) is 31.2 Å². The molecule has 2 aromatic heterocycles. The Bertz CT molecular complexity index is 919. The van der Waals surface area contributed by atoms with Gasteiger partial charge in [-0.05, 0) is 44.7 Å². The van der Waals surface area contributed by atoms with Gasteiger partial charge >= 0.3 is 0 Å². The Morgan fingerprint density at radius 2 is 2.18 bits per heavy atom. The molecule has 28 heavy (non-hydrogen) atoms. The number of hydrogen-bond acceptors (Lipinski definition) is 4. The summed E-state index contributed by atoms with van der Waals surface area (Å²) in [5, 5.41) is 3.05. The number of aromatic nitrogens is 2. The number of amides is 2. The number of pyridine rings is 2. The molecule has 1 saturated carbocycles. The second-order valence-electron chi connectivity index (χ2n) is 7.78. The number of carbonyl (C=O) groups excluding carboxylic acids is 2. The monoisotopic (exact) mass is 382 g/mol. The molecule has 0 aromatic carbocycles. The van der Waals surface area contributed by atoms with E-state index in [0.29, 0.717) is 30.8 Å². The van der Waals surface area contributed by atoms with Crippen molar-refractivity contribution in [3.63, 3.8) is 0 Å². The Balaban J connectivity index is 1.47. The van der Waals surface area contributed by atoms with Crippen molar-refractivity contribution in [3.8, 4) is 0 Å². The lowest BCUT2D eigenvalue weighted by atomic mass is 9.71. The van der Waals surface area contributed by atoms with Crippen LogP contribution >= 0.6 is 0 Å². The predicted molar refractivity (Wildman–Crippen MR) is 102 cm³/mol. The minimum atomic E-state index is -0.497. The highest BCUT2D eigenvalue weighted by molar-refractivity contribution is 6.00. The van der Waals surface area contributed by atoms with Crippen molar-refractivity contribution in [2.75, 3.05) is 11.4 Å². The highest BCUT2D eigenvalue weighted by atomic mass is 19.1. The molecule has 1 aliphatic heterocycles. The molecule has 2 aromatic rings. The molecular formula is C21H23FN4O2. The van der Waals surface area contributed by atoms with Gasteiger partial charge in [0.25, 0.3) is 5.91 Å². The highest BCUT2D eigenvalue weighted by Crippen LogP contribution is 2.46. The molecule has 2 fully saturated rings. The maximum atomic E-state index is 13.5. The van der Waals surface area contributed by atoms with Crippen LogP contribution in [0.25, 0.3) is 0 Å². The van der Waals surface area contributed by atoms with Crippen LogP contribution in [0.3, 0.4) is 0 Å². The molecule has 4 rings (SSSR count). The zero-order valence-corrected chi connectivity index (χ0v) is 15.8. The van der Waals surface area contributed by atoms with Gasteiger partial charge in [0.15, 0.2) is 0 Å². The standard InChI is InChI=1S/C21H23FN4O2/c1-14-4-2-6-18(24-14)19(27)25-16-5-3-7-21(11-16)8-9-26(20(21)28)17-10-15(22)12-23-13-17/h2,4,6,10,12-13,16H,3,5,7-9,11H2,1H3,(H,25,27). The first-order valence-electron chi connectivity index (χ1n) is 9.64. The molecular weight excluding hydrogens is 359 g/mol. The Morgan fingerprint density at radius 1 is 1.32 bits per heavy atom. The largest absolute Gasteiger partial charge is 0.348 e. The van der Waals surface area contributed by atoms with E-state index in [-0.39, 0.29) is 17.9 Å². The lowest BCUT2D eigenvalue weighted by Gasteiger charge is -2.36. The minimum absolute atomic E-state index is 0.00697. The molecule has 0 radical (unpaired) electrons. The third-order valence-electron chi connectivity index (χ3n) is 5.82. The number of nitrogens with zero attached hydrogens (tertiary/aromatic N) is 3. The number of anilines is 1. The predicted octanol–water partition coefficient (Wildman–Crippen LogP) is 3.02. The first-order chi connectivity index (χ1) is 13.5. The number of aryl methyl sites for hydroxylation is 1. The van der Waals surface area contributed by atoms with E-state index in [1.54, 1.807) is 11.0 Å². The first kappa shape index (κ1) is 18.5. The summed E-state index contributed by atoms with van der Waals surface area (Å²) in [6.07, 6.45) is 6.46. The van der Waals surface area contributed by atoms with Gasteiger partial charge < -0.3 is 10.2 Å². The van der Waals surface area contributed by atoms with Gasteiger partial charge in [-0.1, -0.05) is 12.5 Å². The van der Waals surface area contributed by atoms with Crippen LogP contribution in [0, 0.1) is 18.2 Å². The van der Waals surface area contributed by atoms with Gasteiger partial charge in [-0.2, -0.15) is 0 Å². The Hall–Kier alpha value is -2.83. The summed E-state index contributed by atoms with van der Waals surface area (Å²) < 4.78 is 13.5. The molecule has 2 atom stereocenters. The molecule has 0 bridgehead atoms. The fourth-order valence-corrected chi connectivity index (χ4v) is 4.45. The normalized spacial score (nSPS) is 24.6. The van der Waals surface area contributed by atoms with E-state index in [4.69, 9.17) is 0 Å². The molecule has 1 saturated heterocycles. The second kappa shape index (κ2) is 7.30. The molecule has 1 aliphatic carbocycles. The Morgan fingerprint density at radius 3 is 2.96 bits per heavy atom. The summed E-state index contributed by atoms with van der Waals surface area (Å²) >= 11 is 0. The topological polar surface area (TPSA) is 75.2 Å².